The predicted octanol–water partition coefficient (Wildman–Crippen LogP) is 1.98. The molecule has 0 aliphatic rings. The summed E-state index contributed by atoms with van der Waals surface area (Å²) in [5.74, 6) is -2.51. The third kappa shape index (κ3) is 5.95. The van der Waals surface area contributed by atoms with Crippen molar-refractivity contribution in [1.82, 2.24) is 4.90 Å². The van der Waals surface area contributed by atoms with Gasteiger partial charge >= 0.3 is 0 Å². The van der Waals surface area contributed by atoms with Crippen LogP contribution in [0.2, 0.25) is 0 Å². The number of hydrogen-bond acceptors (Lipinski definition) is 1. The second-order valence-electron chi connectivity index (χ2n) is 2.72. The highest BCUT2D eigenvalue weighted by atomic mass is 19.3. The minimum absolute atomic E-state index is 0.0443. The molecule has 62 valence electrons. The molecular weight excluding hydrogens is 136 g/mol. The second kappa shape index (κ2) is 3.86. The van der Waals surface area contributed by atoms with Gasteiger partial charge < -0.3 is 4.90 Å². The van der Waals surface area contributed by atoms with Crippen molar-refractivity contribution in [3.63, 3.8) is 0 Å². The van der Waals surface area contributed by atoms with Crippen LogP contribution in [0.1, 0.15) is 20.3 Å². The van der Waals surface area contributed by atoms with Gasteiger partial charge in [0.1, 0.15) is 0 Å². The molecule has 0 rings (SSSR count). The Kier molecular flexibility index (Phi) is 3.79. The van der Waals surface area contributed by atoms with Gasteiger partial charge in [-0.05, 0) is 20.5 Å². The lowest BCUT2D eigenvalue weighted by Crippen LogP contribution is -2.24. The molecule has 0 spiro atoms. The van der Waals surface area contributed by atoms with Crippen LogP contribution in [-0.2, 0) is 0 Å². The molecule has 10 heavy (non-hydrogen) atoms. The Hall–Kier alpha value is -0.180. The summed E-state index contributed by atoms with van der Waals surface area (Å²) in [4.78, 5) is 1.87. The molecule has 0 amide bonds. The van der Waals surface area contributed by atoms with E-state index in [4.69, 9.17) is 0 Å². The van der Waals surface area contributed by atoms with Gasteiger partial charge in [-0.3, -0.25) is 0 Å². The van der Waals surface area contributed by atoms with Gasteiger partial charge in [0.25, 0.3) is 0 Å². The lowest BCUT2D eigenvalue weighted by atomic mass is 10.2. The Balaban J connectivity index is 3.36. The minimum atomic E-state index is -2.51. The highest BCUT2D eigenvalue weighted by Crippen LogP contribution is 2.16. The van der Waals surface area contributed by atoms with Crippen molar-refractivity contribution in [1.29, 1.82) is 0 Å². The van der Waals surface area contributed by atoms with E-state index in [0.717, 1.165) is 13.5 Å². The highest BCUT2D eigenvalue weighted by molar-refractivity contribution is 4.60. The van der Waals surface area contributed by atoms with Crippen LogP contribution in [0.3, 0.4) is 0 Å². The van der Waals surface area contributed by atoms with Crippen molar-refractivity contribution in [3.8, 4) is 0 Å². The van der Waals surface area contributed by atoms with Crippen molar-refractivity contribution >= 4 is 0 Å². The summed E-state index contributed by atoms with van der Waals surface area (Å²) >= 11 is 0. The maximum absolute atomic E-state index is 12.2. The minimum Gasteiger partial charge on any atom is -0.306 e. The van der Waals surface area contributed by atoms with Gasteiger partial charge in [-0.2, -0.15) is 0 Å². The van der Waals surface area contributed by atoms with Gasteiger partial charge in [0.2, 0.25) is 5.92 Å². The van der Waals surface area contributed by atoms with Crippen LogP contribution in [0.5, 0.6) is 0 Å². The fourth-order valence-electron chi connectivity index (χ4n) is 0.545. The molecule has 0 aromatic heterocycles. The van der Waals surface area contributed by atoms with E-state index in [2.05, 4.69) is 0 Å². The number of nitrogens with zero attached hydrogens (tertiary/aromatic N) is 1. The molecule has 0 atom stereocenters. The zero-order valence-electron chi connectivity index (χ0n) is 6.82. The van der Waals surface area contributed by atoms with E-state index in [1.165, 1.54) is 0 Å². The van der Waals surface area contributed by atoms with Crippen LogP contribution in [0, 0.1) is 0 Å². The molecule has 0 aromatic carbocycles. The van der Waals surface area contributed by atoms with Crippen LogP contribution in [0.15, 0.2) is 0 Å². The fourth-order valence-corrected chi connectivity index (χ4v) is 0.545. The predicted molar refractivity (Wildman–Crippen MR) is 38.4 cm³/mol. The maximum Gasteiger partial charge on any atom is 0.246 e. The summed E-state index contributed by atoms with van der Waals surface area (Å²) in [7, 11) is 1.84. The van der Waals surface area contributed by atoms with Gasteiger partial charge in [-0.15, -0.1) is 0 Å². The standard InChI is InChI=1S/C7H15F2N/c1-4-10(3)6-5-7(2,8)9/h4-6H2,1-3H3. The summed E-state index contributed by atoms with van der Waals surface area (Å²) in [5.41, 5.74) is 0. The molecule has 0 unspecified atom stereocenters. The molecule has 0 radical (unpaired) electrons. The average Bonchev–Trinajstić information content (AvgIpc) is 1.81. The molecule has 0 aliphatic heterocycles. The van der Waals surface area contributed by atoms with Crippen LogP contribution < -0.4 is 0 Å². The summed E-state index contributed by atoms with van der Waals surface area (Å²) < 4.78 is 24.4. The Morgan fingerprint density at radius 1 is 1.40 bits per heavy atom. The van der Waals surface area contributed by atoms with Crippen LogP contribution in [0.25, 0.3) is 0 Å². The second-order valence-corrected chi connectivity index (χ2v) is 2.72. The first-order valence-electron chi connectivity index (χ1n) is 3.52. The zero-order chi connectivity index (χ0) is 8.20. The number of hydrogen-bond donors (Lipinski definition) is 0. The Morgan fingerprint density at radius 2 is 1.90 bits per heavy atom. The van der Waals surface area contributed by atoms with Gasteiger partial charge in [-0.25, -0.2) is 8.78 Å². The first-order valence-corrected chi connectivity index (χ1v) is 3.52. The average molecular weight is 151 g/mol. The first-order chi connectivity index (χ1) is 4.45. The Labute approximate surface area is 61.0 Å². The SMILES string of the molecule is CCN(C)CCC(C)(F)F. The molecule has 0 N–H and O–H groups in total. The molecule has 0 heterocycles. The van der Waals surface area contributed by atoms with E-state index in [1.807, 2.05) is 18.9 Å². The molecule has 0 aromatic rings. The van der Waals surface area contributed by atoms with Crippen molar-refractivity contribution < 1.29 is 8.78 Å². The van der Waals surface area contributed by atoms with Gasteiger partial charge in [0.15, 0.2) is 0 Å². The Morgan fingerprint density at radius 3 is 2.20 bits per heavy atom. The molecule has 0 fully saturated rings. The molecule has 3 heteroatoms. The first kappa shape index (κ1) is 9.82. The topological polar surface area (TPSA) is 3.24 Å². The number of halogens is 2. The monoisotopic (exact) mass is 151 g/mol. The maximum atomic E-state index is 12.2. The number of rotatable bonds is 4. The summed E-state index contributed by atoms with van der Waals surface area (Å²) in [5, 5.41) is 0. The van der Waals surface area contributed by atoms with E-state index in [1.54, 1.807) is 0 Å². The smallest absolute Gasteiger partial charge is 0.246 e. The van der Waals surface area contributed by atoms with E-state index < -0.39 is 5.92 Å². The van der Waals surface area contributed by atoms with Crippen molar-refractivity contribution in [3.05, 3.63) is 0 Å². The summed E-state index contributed by atoms with van der Waals surface area (Å²) in [6.45, 7) is 4.21. The van der Waals surface area contributed by atoms with Crippen molar-refractivity contribution in [2.45, 2.75) is 26.2 Å². The zero-order valence-corrected chi connectivity index (χ0v) is 6.82. The van der Waals surface area contributed by atoms with E-state index >= 15 is 0 Å². The van der Waals surface area contributed by atoms with Crippen molar-refractivity contribution in [2.24, 2.45) is 0 Å². The van der Waals surface area contributed by atoms with Crippen molar-refractivity contribution in [2.75, 3.05) is 20.1 Å². The molecule has 0 bridgehead atoms. The molecule has 0 saturated heterocycles. The van der Waals surface area contributed by atoms with E-state index in [9.17, 15) is 8.78 Å². The normalized spacial score (nSPS) is 12.6. The van der Waals surface area contributed by atoms with Gasteiger partial charge in [0, 0.05) is 13.0 Å². The summed E-state index contributed by atoms with van der Waals surface area (Å²) in [6, 6.07) is 0. The van der Waals surface area contributed by atoms with Gasteiger partial charge in [-0.1, -0.05) is 6.92 Å². The van der Waals surface area contributed by atoms with Crippen LogP contribution in [0.4, 0.5) is 8.78 Å². The van der Waals surface area contributed by atoms with Gasteiger partial charge in [0.05, 0.1) is 0 Å². The lowest BCUT2D eigenvalue weighted by Gasteiger charge is -2.16. The molecule has 1 nitrogen and oxygen atoms in total. The third-order valence-electron chi connectivity index (χ3n) is 1.47. The molecule has 0 saturated carbocycles. The molecule has 0 aliphatic carbocycles. The third-order valence-corrected chi connectivity index (χ3v) is 1.47. The number of alkyl halides is 2. The van der Waals surface area contributed by atoms with Crippen LogP contribution >= 0.6 is 0 Å². The van der Waals surface area contributed by atoms with E-state index in [-0.39, 0.29) is 6.42 Å². The fraction of sp³-hybridized carbons (Fsp3) is 1.00. The highest BCUT2D eigenvalue weighted by Gasteiger charge is 2.20. The lowest BCUT2D eigenvalue weighted by molar-refractivity contribution is 0.00561. The summed E-state index contributed by atoms with van der Waals surface area (Å²) in [6.07, 6.45) is -0.0443. The van der Waals surface area contributed by atoms with Crippen LogP contribution in [-0.4, -0.2) is 31.0 Å². The largest absolute Gasteiger partial charge is 0.306 e. The molecular formula is C7H15F2N. The Bertz CT molecular complexity index is 88.1. The quantitative estimate of drug-likeness (QED) is 0.594. The van der Waals surface area contributed by atoms with E-state index in [0.29, 0.717) is 6.54 Å².